The first kappa shape index (κ1) is 10.6. The molecule has 2 nitrogen and oxygen atoms in total. The fraction of sp³-hybridized carbons (Fsp3) is 0.364. The zero-order chi connectivity index (χ0) is 10.7. The van der Waals surface area contributed by atoms with E-state index in [0.29, 0.717) is 5.69 Å². The second-order valence-electron chi connectivity index (χ2n) is 3.51. The van der Waals surface area contributed by atoms with Gasteiger partial charge in [0.05, 0.1) is 5.69 Å². The summed E-state index contributed by atoms with van der Waals surface area (Å²) in [5, 5.41) is 3.05. The van der Waals surface area contributed by atoms with Gasteiger partial charge in [0.1, 0.15) is 11.7 Å². The minimum atomic E-state index is -0.252. The van der Waals surface area contributed by atoms with Crippen molar-refractivity contribution in [1.29, 1.82) is 0 Å². The first-order chi connectivity index (χ1) is 7.27. The van der Waals surface area contributed by atoms with Crippen LogP contribution in [0.3, 0.4) is 0 Å². The molecule has 0 bridgehead atoms. The van der Waals surface area contributed by atoms with Gasteiger partial charge in [-0.2, -0.15) is 0 Å². The summed E-state index contributed by atoms with van der Waals surface area (Å²) in [5.74, 6) is 0.629. The molecule has 0 saturated heterocycles. The van der Waals surface area contributed by atoms with Gasteiger partial charge in [0.2, 0.25) is 0 Å². The minimum absolute atomic E-state index is 0.252. The molecule has 1 aromatic carbocycles. The molecule has 0 fully saturated rings. The fourth-order valence-electron chi connectivity index (χ4n) is 1.56. The Balaban J connectivity index is 2.19. The standard InChI is InChI=1S/C11H12BrFN2/c12-8-4-3-5-9(13)11(8)15-10-6-1-2-7-14-10/h3-5H,1-2,6-7H2,(H,14,15). The molecule has 0 aromatic heterocycles. The summed E-state index contributed by atoms with van der Waals surface area (Å²) in [5.41, 5.74) is 0.484. The summed E-state index contributed by atoms with van der Waals surface area (Å²) >= 11 is 3.32. The van der Waals surface area contributed by atoms with Gasteiger partial charge in [-0.3, -0.25) is 4.99 Å². The topological polar surface area (TPSA) is 24.4 Å². The number of anilines is 1. The van der Waals surface area contributed by atoms with Crippen molar-refractivity contribution in [3.8, 4) is 0 Å². The third kappa shape index (κ3) is 2.56. The van der Waals surface area contributed by atoms with Crippen molar-refractivity contribution in [1.82, 2.24) is 0 Å². The Kier molecular flexibility index (Phi) is 3.36. The normalized spacial score (nSPS) is 16.0. The van der Waals surface area contributed by atoms with Gasteiger partial charge in [0.25, 0.3) is 0 Å². The maximum atomic E-state index is 13.5. The van der Waals surface area contributed by atoms with Crippen LogP contribution >= 0.6 is 15.9 Å². The number of aliphatic imine (C=N–C) groups is 1. The Morgan fingerprint density at radius 1 is 1.33 bits per heavy atom. The molecular weight excluding hydrogens is 259 g/mol. The van der Waals surface area contributed by atoms with Crippen LogP contribution < -0.4 is 5.32 Å². The van der Waals surface area contributed by atoms with E-state index in [2.05, 4.69) is 26.2 Å². The zero-order valence-corrected chi connectivity index (χ0v) is 9.85. The molecule has 1 N–H and O–H groups in total. The van der Waals surface area contributed by atoms with Gasteiger partial charge >= 0.3 is 0 Å². The number of rotatable bonds is 1. The summed E-state index contributed by atoms with van der Waals surface area (Å²) in [6.45, 7) is 0.842. The zero-order valence-electron chi connectivity index (χ0n) is 8.26. The molecule has 0 amide bonds. The molecule has 4 heteroatoms. The molecule has 0 aliphatic carbocycles. The highest BCUT2D eigenvalue weighted by Crippen LogP contribution is 2.25. The van der Waals surface area contributed by atoms with Crippen molar-refractivity contribution in [3.05, 3.63) is 28.5 Å². The van der Waals surface area contributed by atoms with Crippen molar-refractivity contribution in [2.24, 2.45) is 4.99 Å². The Bertz CT molecular complexity index is 370. The molecule has 0 saturated carbocycles. The summed E-state index contributed by atoms with van der Waals surface area (Å²) < 4.78 is 14.2. The van der Waals surface area contributed by atoms with E-state index in [-0.39, 0.29) is 5.82 Å². The predicted molar refractivity (Wildman–Crippen MR) is 63.9 cm³/mol. The number of nitrogens with zero attached hydrogens (tertiary/aromatic N) is 1. The molecule has 1 heterocycles. The van der Waals surface area contributed by atoms with E-state index < -0.39 is 0 Å². The number of hydrogen-bond acceptors (Lipinski definition) is 2. The van der Waals surface area contributed by atoms with Crippen molar-refractivity contribution in [2.45, 2.75) is 19.3 Å². The maximum Gasteiger partial charge on any atom is 0.147 e. The van der Waals surface area contributed by atoms with Crippen LogP contribution in [0.5, 0.6) is 0 Å². The number of benzene rings is 1. The average Bonchev–Trinajstić information content (AvgIpc) is 2.25. The van der Waals surface area contributed by atoms with Crippen LogP contribution in [-0.2, 0) is 0 Å². The molecule has 1 aliphatic heterocycles. The molecule has 80 valence electrons. The highest BCUT2D eigenvalue weighted by Gasteiger charge is 2.10. The van der Waals surface area contributed by atoms with Crippen LogP contribution in [0.4, 0.5) is 10.1 Å². The maximum absolute atomic E-state index is 13.5. The number of halogens is 2. The number of amidine groups is 1. The number of hydrogen-bond donors (Lipinski definition) is 1. The Labute approximate surface area is 96.7 Å². The van der Waals surface area contributed by atoms with Crippen LogP contribution in [0.2, 0.25) is 0 Å². The van der Waals surface area contributed by atoms with Crippen molar-refractivity contribution >= 4 is 27.5 Å². The summed E-state index contributed by atoms with van der Waals surface area (Å²) in [6, 6.07) is 4.93. The highest BCUT2D eigenvalue weighted by molar-refractivity contribution is 9.10. The van der Waals surface area contributed by atoms with E-state index in [1.807, 2.05) is 6.07 Å². The Morgan fingerprint density at radius 3 is 2.87 bits per heavy atom. The van der Waals surface area contributed by atoms with E-state index >= 15 is 0 Å². The van der Waals surface area contributed by atoms with Crippen LogP contribution in [0.25, 0.3) is 0 Å². The Hall–Kier alpha value is -0.900. The highest BCUT2D eigenvalue weighted by atomic mass is 79.9. The largest absolute Gasteiger partial charge is 0.341 e. The first-order valence-electron chi connectivity index (χ1n) is 5.02. The molecule has 0 spiro atoms. The van der Waals surface area contributed by atoms with E-state index in [1.54, 1.807) is 6.07 Å². The van der Waals surface area contributed by atoms with E-state index in [9.17, 15) is 4.39 Å². The summed E-state index contributed by atoms with van der Waals surface area (Å²) in [6.07, 6.45) is 3.16. The second kappa shape index (κ2) is 4.75. The van der Waals surface area contributed by atoms with E-state index in [1.165, 1.54) is 6.07 Å². The summed E-state index contributed by atoms with van der Waals surface area (Å²) in [4.78, 5) is 4.32. The van der Waals surface area contributed by atoms with Crippen molar-refractivity contribution < 1.29 is 4.39 Å². The molecule has 0 radical (unpaired) electrons. The molecule has 1 aliphatic rings. The first-order valence-corrected chi connectivity index (χ1v) is 5.81. The Morgan fingerprint density at radius 2 is 2.20 bits per heavy atom. The molecule has 15 heavy (non-hydrogen) atoms. The lowest BCUT2D eigenvalue weighted by Crippen LogP contribution is -2.17. The second-order valence-corrected chi connectivity index (χ2v) is 4.36. The molecule has 0 unspecified atom stereocenters. The quantitative estimate of drug-likeness (QED) is 0.829. The van der Waals surface area contributed by atoms with Crippen LogP contribution in [0, 0.1) is 5.82 Å². The van der Waals surface area contributed by atoms with Crippen LogP contribution in [0.15, 0.2) is 27.7 Å². The lowest BCUT2D eigenvalue weighted by molar-refractivity contribution is 0.631. The van der Waals surface area contributed by atoms with Gasteiger partial charge in [-0.05, 0) is 40.9 Å². The molecule has 2 rings (SSSR count). The predicted octanol–water partition coefficient (Wildman–Crippen LogP) is 3.58. The SMILES string of the molecule is Fc1cccc(Br)c1NC1=NCCCC1. The van der Waals surface area contributed by atoms with E-state index in [4.69, 9.17) is 0 Å². The number of para-hydroxylation sites is 1. The van der Waals surface area contributed by atoms with Gasteiger partial charge in [0, 0.05) is 17.4 Å². The van der Waals surface area contributed by atoms with Gasteiger partial charge in [-0.25, -0.2) is 4.39 Å². The van der Waals surface area contributed by atoms with Gasteiger partial charge in [-0.1, -0.05) is 6.07 Å². The molecule has 0 atom stereocenters. The lowest BCUT2D eigenvalue weighted by Gasteiger charge is -2.15. The van der Waals surface area contributed by atoms with Gasteiger partial charge in [0.15, 0.2) is 0 Å². The lowest BCUT2D eigenvalue weighted by atomic mass is 10.2. The van der Waals surface area contributed by atoms with Gasteiger partial charge < -0.3 is 5.32 Å². The fourth-order valence-corrected chi connectivity index (χ4v) is 2.00. The van der Waals surface area contributed by atoms with Crippen molar-refractivity contribution in [3.63, 3.8) is 0 Å². The third-order valence-electron chi connectivity index (χ3n) is 2.36. The average molecular weight is 271 g/mol. The van der Waals surface area contributed by atoms with Gasteiger partial charge in [-0.15, -0.1) is 0 Å². The number of nitrogens with one attached hydrogen (secondary N) is 1. The summed E-state index contributed by atoms with van der Waals surface area (Å²) in [7, 11) is 0. The van der Waals surface area contributed by atoms with Crippen LogP contribution in [-0.4, -0.2) is 12.4 Å². The monoisotopic (exact) mass is 270 g/mol. The molecule has 1 aromatic rings. The van der Waals surface area contributed by atoms with Crippen LogP contribution in [0.1, 0.15) is 19.3 Å². The van der Waals surface area contributed by atoms with Crippen molar-refractivity contribution in [2.75, 3.05) is 11.9 Å². The smallest absolute Gasteiger partial charge is 0.147 e. The third-order valence-corrected chi connectivity index (χ3v) is 3.02. The molecular formula is C11H12BrFN2. The van der Waals surface area contributed by atoms with E-state index in [0.717, 1.165) is 36.1 Å². The minimum Gasteiger partial charge on any atom is -0.341 e.